The van der Waals surface area contributed by atoms with Crippen LogP contribution in [0.3, 0.4) is 0 Å². The number of esters is 2. The number of hydrogen-bond donors (Lipinski definition) is 0. The fourth-order valence-corrected chi connectivity index (χ4v) is 9.77. The minimum atomic E-state index is -4.66. The molecule has 0 radical (unpaired) electrons. The Bertz CT molecular complexity index is 1880. The van der Waals surface area contributed by atoms with Crippen LogP contribution in [-0.2, 0) is 32.7 Å². The highest BCUT2D eigenvalue weighted by molar-refractivity contribution is 7.45. The van der Waals surface area contributed by atoms with Crippen LogP contribution in [0.1, 0.15) is 271 Å². The van der Waals surface area contributed by atoms with Gasteiger partial charge in [-0.3, -0.25) is 14.2 Å². The minimum absolute atomic E-state index is 0.0406. The van der Waals surface area contributed by atoms with Crippen LogP contribution in [-0.4, -0.2) is 70.0 Å². The molecule has 0 saturated carbocycles. The van der Waals surface area contributed by atoms with Crippen molar-refractivity contribution >= 4 is 19.8 Å². The Labute approximate surface area is 517 Å². The molecule has 480 valence electrons. The fourth-order valence-electron chi connectivity index (χ4n) is 9.04. The summed E-state index contributed by atoms with van der Waals surface area (Å²) in [6.45, 7) is 4.00. The first-order valence-corrected chi connectivity index (χ1v) is 35.4. The van der Waals surface area contributed by atoms with Crippen molar-refractivity contribution in [3.63, 3.8) is 0 Å². The topological polar surface area (TPSA) is 111 Å². The van der Waals surface area contributed by atoms with Crippen molar-refractivity contribution in [1.29, 1.82) is 0 Å². The van der Waals surface area contributed by atoms with Gasteiger partial charge in [0.2, 0.25) is 0 Å². The van der Waals surface area contributed by atoms with Crippen LogP contribution in [0.15, 0.2) is 134 Å². The van der Waals surface area contributed by atoms with Crippen LogP contribution in [0.5, 0.6) is 0 Å². The first kappa shape index (κ1) is 80.2. The number of carbonyl (C=O) groups is 2. The van der Waals surface area contributed by atoms with Crippen LogP contribution in [0.4, 0.5) is 0 Å². The fraction of sp³-hybridized carbons (Fsp3) is 0.676. The number of phosphoric acid groups is 1. The van der Waals surface area contributed by atoms with E-state index in [0.29, 0.717) is 17.4 Å². The number of allylic oxidation sites excluding steroid dienone is 22. The van der Waals surface area contributed by atoms with E-state index in [4.69, 9.17) is 18.5 Å². The number of likely N-dealkylation sites (N-methyl/N-ethyl adjacent to an activating group) is 1. The molecule has 2 atom stereocenters. The van der Waals surface area contributed by atoms with Crippen LogP contribution < -0.4 is 4.89 Å². The Morgan fingerprint density at radius 3 is 0.952 bits per heavy atom. The highest BCUT2D eigenvalue weighted by Gasteiger charge is 2.22. The monoisotopic (exact) mass is 1190 g/mol. The van der Waals surface area contributed by atoms with Gasteiger partial charge in [0, 0.05) is 12.8 Å². The first-order chi connectivity index (χ1) is 41.0. The second-order valence-corrected chi connectivity index (χ2v) is 24.8. The predicted molar refractivity (Wildman–Crippen MR) is 360 cm³/mol. The van der Waals surface area contributed by atoms with Crippen molar-refractivity contribution in [2.75, 3.05) is 47.5 Å². The average Bonchev–Trinajstić information content (AvgIpc) is 3.61. The highest BCUT2D eigenvalue weighted by Crippen LogP contribution is 2.38. The predicted octanol–water partition coefficient (Wildman–Crippen LogP) is 21.4. The third-order valence-electron chi connectivity index (χ3n) is 14.2. The quantitative estimate of drug-likeness (QED) is 0.0195. The van der Waals surface area contributed by atoms with Gasteiger partial charge in [-0.25, -0.2) is 0 Å². The molecule has 0 saturated heterocycles. The zero-order valence-electron chi connectivity index (χ0n) is 54.6. The summed E-state index contributed by atoms with van der Waals surface area (Å²) in [6, 6.07) is 0. The molecular weight excluding hydrogens is 1060 g/mol. The molecule has 0 aliphatic rings. The Balaban J connectivity index is 4.10. The summed E-state index contributed by atoms with van der Waals surface area (Å²) in [5.41, 5.74) is 0. The van der Waals surface area contributed by atoms with Crippen molar-refractivity contribution in [3.05, 3.63) is 134 Å². The number of ether oxygens (including phenoxy) is 2. The molecular formula is C74H126NO8P. The van der Waals surface area contributed by atoms with E-state index in [0.717, 1.165) is 122 Å². The number of rotatable bonds is 61. The van der Waals surface area contributed by atoms with Crippen LogP contribution in [0.2, 0.25) is 0 Å². The average molecular weight is 1190 g/mol. The lowest BCUT2D eigenvalue weighted by Crippen LogP contribution is -2.37. The molecule has 0 heterocycles. The van der Waals surface area contributed by atoms with E-state index < -0.39 is 26.5 Å². The van der Waals surface area contributed by atoms with Gasteiger partial charge in [0.15, 0.2) is 6.10 Å². The number of quaternary nitrogens is 1. The molecule has 0 amide bonds. The lowest BCUT2D eigenvalue weighted by Gasteiger charge is -2.28. The van der Waals surface area contributed by atoms with E-state index in [1.54, 1.807) is 0 Å². The van der Waals surface area contributed by atoms with Gasteiger partial charge in [-0.1, -0.05) is 282 Å². The van der Waals surface area contributed by atoms with E-state index in [9.17, 15) is 19.0 Å². The summed E-state index contributed by atoms with van der Waals surface area (Å²) in [6.07, 6.45) is 92.4. The first-order valence-electron chi connectivity index (χ1n) is 33.9. The maximum Gasteiger partial charge on any atom is 0.306 e. The van der Waals surface area contributed by atoms with Gasteiger partial charge in [-0.05, 0) is 109 Å². The Kier molecular flexibility index (Phi) is 60.7. The summed E-state index contributed by atoms with van der Waals surface area (Å²) in [5.74, 6) is -0.856. The summed E-state index contributed by atoms with van der Waals surface area (Å²) in [4.78, 5) is 38.0. The molecule has 0 aliphatic heterocycles. The van der Waals surface area contributed by atoms with Gasteiger partial charge in [-0.2, -0.15) is 0 Å². The van der Waals surface area contributed by atoms with Crippen LogP contribution >= 0.6 is 7.82 Å². The minimum Gasteiger partial charge on any atom is -0.756 e. The van der Waals surface area contributed by atoms with E-state index in [-0.39, 0.29) is 32.0 Å². The third-order valence-corrected chi connectivity index (χ3v) is 15.1. The Hall–Kier alpha value is -3.85. The molecule has 0 aliphatic carbocycles. The third kappa shape index (κ3) is 67.3. The van der Waals surface area contributed by atoms with Crippen LogP contribution in [0, 0.1) is 0 Å². The molecule has 0 bridgehead atoms. The lowest BCUT2D eigenvalue weighted by molar-refractivity contribution is -0.870. The number of hydrogen-bond acceptors (Lipinski definition) is 8. The van der Waals surface area contributed by atoms with Gasteiger partial charge in [0.1, 0.15) is 19.8 Å². The van der Waals surface area contributed by atoms with Gasteiger partial charge < -0.3 is 27.9 Å². The highest BCUT2D eigenvalue weighted by atomic mass is 31.2. The van der Waals surface area contributed by atoms with Gasteiger partial charge in [0.25, 0.3) is 7.82 Å². The number of nitrogens with zero attached hydrogens (tertiary/aromatic N) is 1. The Morgan fingerprint density at radius 1 is 0.369 bits per heavy atom. The standard InChI is InChI=1S/C74H126NO8P/c1-6-8-10-12-14-16-18-20-22-24-26-28-30-32-34-35-36-37-38-39-41-42-44-46-48-50-52-54-56-58-60-62-64-66-73(76)80-70-72(71-82-84(78,79)81-69-68-75(3,4)5)83-74(77)67-65-63-61-59-57-55-53-51-49-47-45-43-40-33-31-29-27-25-23-21-19-17-15-13-11-9-7-2/h8-11,14-17,20-23,26-29,33,40,45,47,51,53,72H,6-7,12-13,18-19,24-25,30-32,34-39,41-44,46,48-50,52,54-71H2,1-5H3/b10-8-,11-9-,16-14-,17-15-,22-20-,23-21-,28-26-,29-27-,40-33-,47-45-,53-51-. The molecule has 9 nitrogen and oxygen atoms in total. The largest absolute Gasteiger partial charge is 0.756 e. The summed E-state index contributed by atoms with van der Waals surface area (Å²) >= 11 is 0. The summed E-state index contributed by atoms with van der Waals surface area (Å²) in [5, 5.41) is 0. The summed E-state index contributed by atoms with van der Waals surface area (Å²) < 4.78 is 34.3. The number of carbonyl (C=O) groups excluding carboxylic acids is 2. The number of phosphoric ester groups is 1. The van der Waals surface area contributed by atoms with Gasteiger partial charge >= 0.3 is 11.9 Å². The summed E-state index contributed by atoms with van der Waals surface area (Å²) in [7, 11) is 1.14. The molecule has 0 N–H and O–H groups in total. The Morgan fingerprint density at radius 2 is 0.643 bits per heavy atom. The second kappa shape index (κ2) is 63.6. The molecule has 0 fully saturated rings. The zero-order chi connectivity index (χ0) is 61.2. The maximum atomic E-state index is 12.8. The normalized spacial score (nSPS) is 14.0. The lowest BCUT2D eigenvalue weighted by atomic mass is 10.0. The SMILES string of the molecule is CC/C=C\C/C=C\C/C=C\C/C=C\C/C=C\C/C=C\C/C=C\CCCCCCCC(=O)OC(COC(=O)CCCCCCCCCCCCCCCCCCCCCC/C=C\C/C=C\C/C=C\C/C=C\CC)COP(=O)([O-])OCC[N+](C)(C)C. The van der Waals surface area contributed by atoms with Crippen molar-refractivity contribution < 1.29 is 42.1 Å². The molecule has 10 heteroatoms. The number of unbranched alkanes of at least 4 members (excludes halogenated alkanes) is 25. The van der Waals surface area contributed by atoms with Gasteiger partial charge in [-0.15, -0.1) is 0 Å². The molecule has 0 rings (SSSR count). The molecule has 0 spiro atoms. The van der Waals surface area contributed by atoms with E-state index >= 15 is 0 Å². The van der Waals surface area contributed by atoms with Crippen molar-refractivity contribution in [2.45, 2.75) is 277 Å². The van der Waals surface area contributed by atoms with Crippen molar-refractivity contribution in [2.24, 2.45) is 0 Å². The van der Waals surface area contributed by atoms with E-state index in [1.165, 1.54) is 116 Å². The zero-order valence-corrected chi connectivity index (χ0v) is 55.4. The van der Waals surface area contributed by atoms with Crippen molar-refractivity contribution in [1.82, 2.24) is 0 Å². The maximum absolute atomic E-state index is 12.8. The molecule has 0 aromatic heterocycles. The molecule has 0 aromatic carbocycles. The van der Waals surface area contributed by atoms with E-state index in [1.807, 2.05) is 21.1 Å². The molecule has 84 heavy (non-hydrogen) atoms. The van der Waals surface area contributed by atoms with Gasteiger partial charge in [0.05, 0.1) is 27.7 Å². The van der Waals surface area contributed by atoms with Crippen LogP contribution in [0.25, 0.3) is 0 Å². The molecule has 2 unspecified atom stereocenters. The second-order valence-electron chi connectivity index (χ2n) is 23.4. The van der Waals surface area contributed by atoms with E-state index in [2.05, 4.69) is 148 Å². The molecule has 0 aromatic rings. The smallest absolute Gasteiger partial charge is 0.306 e. The van der Waals surface area contributed by atoms with Crippen molar-refractivity contribution in [3.8, 4) is 0 Å².